The van der Waals surface area contributed by atoms with Crippen LogP contribution < -0.4 is 5.32 Å². The molecule has 3 rings (SSSR count). The highest BCUT2D eigenvalue weighted by Gasteiger charge is 2.11. The third-order valence-electron chi connectivity index (χ3n) is 3.05. The van der Waals surface area contributed by atoms with Crippen molar-refractivity contribution >= 4 is 11.7 Å². The van der Waals surface area contributed by atoms with Crippen molar-refractivity contribution in [1.29, 1.82) is 0 Å². The number of rotatable bonds is 4. The molecule has 7 nitrogen and oxygen atoms in total. The molecule has 0 spiro atoms. The van der Waals surface area contributed by atoms with Crippen LogP contribution in [0.5, 0.6) is 0 Å². The van der Waals surface area contributed by atoms with E-state index in [1.54, 1.807) is 37.3 Å². The number of nitrogens with one attached hydrogen (secondary N) is 1. The van der Waals surface area contributed by atoms with Crippen LogP contribution in [-0.4, -0.2) is 21.2 Å². The second kappa shape index (κ2) is 5.80. The highest BCUT2D eigenvalue weighted by Crippen LogP contribution is 2.17. The van der Waals surface area contributed by atoms with E-state index in [4.69, 9.17) is 9.05 Å². The average Bonchev–Trinajstić information content (AvgIpc) is 3.16. The van der Waals surface area contributed by atoms with Gasteiger partial charge in [0.2, 0.25) is 11.7 Å². The van der Waals surface area contributed by atoms with E-state index in [2.05, 4.69) is 20.6 Å². The van der Waals surface area contributed by atoms with Crippen LogP contribution in [0.3, 0.4) is 0 Å². The summed E-state index contributed by atoms with van der Waals surface area (Å²) in [6.07, 6.45) is 0.685. The number of hydrogen-bond donors (Lipinski definition) is 1. The fraction of sp³-hybridized carbons (Fsp3) is 0.200. The Bertz CT molecular complexity index is 789. The monoisotopic (exact) mass is 298 g/mol. The fourth-order valence-corrected chi connectivity index (χ4v) is 1.90. The summed E-state index contributed by atoms with van der Waals surface area (Å²) < 4.78 is 9.97. The van der Waals surface area contributed by atoms with E-state index in [0.717, 1.165) is 5.56 Å². The van der Waals surface area contributed by atoms with Crippen LogP contribution in [-0.2, 0) is 6.42 Å². The molecule has 1 amide bonds. The SMILES string of the molecule is CCc1nc(-c2ccc(C(=O)Nc3cc(C)on3)cc2)no1. The van der Waals surface area contributed by atoms with Crippen molar-refractivity contribution in [2.24, 2.45) is 0 Å². The van der Waals surface area contributed by atoms with Gasteiger partial charge in [0.1, 0.15) is 5.76 Å². The lowest BCUT2D eigenvalue weighted by Gasteiger charge is -2.01. The zero-order valence-corrected chi connectivity index (χ0v) is 12.2. The van der Waals surface area contributed by atoms with E-state index in [1.807, 2.05) is 6.92 Å². The number of amides is 1. The third-order valence-corrected chi connectivity index (χ3v) is 3.05. The Balaban J connectivity index is 1.74. The number of benzene rings is 1. The Morgan fingerprint density at radius 3 is 2.55 bits per heavy atom. The number of carbonyl (C=O) groups is 1. The molecule has 0 unspecified atom stereocenters. The molecule has 0 fully saturated rings. The first-order valence-electron chi connectivity index (χ1n) is 6.83. The third kappa shape index (κ3) is 2.88. The van der Waals surface area contributed by atoms with Gasteiger partial charge in [-0.3, -0.25) is 4.79 Å². The molecule has 1 aromatic carbocycles. The van der Waals surface area contributed by atoms with E-state index in [0.29, 0.717) is 35.3 Å². The Hall–Kier alpha value is -2.96. The summed E-state index contributed by atoms with van der Waals surface area (Å²) in [4.78, 5) is 16.3. The molecule has 0 aliphatic carbocycles. The van der Waals surface area contributed by atoms with Crippen LogP contribution >= 0.6 is 0 Å². The number of aryl methyl sites for hydroxylation is 2. The zero-order chi connectivity index (χ0) is 15.5. The molecule has 0 aliphatic rings. The normalized spacial score (nSPS) is 10.6. The van der Waals surface area contributed by atoms with E-state index in [1.165, 1.54) is 0 Å². The Labute approximate surface area is 126 Å². The molecule has 22 heavy (non-hydrogen) atoms. The van der Waals surface area contributed by atoms with Crippen LogP contribution in [0.25, 0.3) is 11.4 Å². The standard InChI is InChI=1S/C15H14N4O3/c1-3-13-17-14(19-22-13)10-4-6-11(7-5-10)15(20)16-12-8-9(2)21-18-12/h4-8H,3H2,1-2H3,(H,16,18,20). The summed E-state index contributed by atoms with van der Waals surface area (Å²) >= 11 is 0. The largest absolute Gasteiger partial charge is 0.360 e. The molecule has 2 aromatic heterocycles. The minimum absolute atomic E-state index is 0.262. The first-order chi connectivity index (χ1) is 10.7. The molecule has 0 radical (unpaired) electrons. The Morgan fingerprint density at radius 1 is 1.18 bits per heavy atom. The lowest BCUT2D eigenvalue weighted by Crippen LogP contribution is -2.11. The van der Waals surface area contributed by atoms with Gasteiger partial charge in [0.25, 0.3) is 5.91 Å². The molecule has 7 heteroatoms. The van der Waals surface area contributed by atoms with Gasteiger partial charge in [-0.1, -0.05) is 29.4 Å². The van der Waals surface area contributed by atoms with Crippen molar-refractivity contribution < 1.29 is 13.8 Å². The lowest BCUT2D eigenvalue weighted by molar-refractivity contribution is 0.102. The summed E-state index contributed by atoms with van der Waals surface area (Å²) in [6, 6.07) is 8.58. The van der Waals surface area contributed by atoms with Crippen LogP contribution in [0.15, 0.2) is 39.4 Å². The predicted octanol–water partition coefficient (Wildman–Crippen LogP) is 2.85. The van der Waals surface area contributed by atoms with Crippen LogP contribution in [0.2, 0.25) is 0 Å². The quantitative estimate of drug-likeness (QED) is 0.796. The topological polar surface area (TPSA) is 94.1 Å². The van der Waals surface area contributed by atoms with Crippen molar-refractivity contribution in [2.75, 3.05) is 5.32 Å². The summed E-state index contributed by atoms with van der Waals surface area (Å²) in [5.41, 5.74) is 1.29. The maximum absolute atomic E-state index is 12.1. The van der Waals surface area contributed by atoms with Gasteiger partial charge in [-0.15, -0.1) is 0 Å². The summed E-state index contributed by atoms with van der Waals surface area (Å²) in [5.74, 6) is 1.85. The fourth-order valence-electron chi connectivity index (χ4n) is 1.90. The van der Waals surface area contributed by atoms with Gasteiger partial charge in [0.15, 0.2) is 5.82 Å². The minimum Gasteiger partial charge on any atom is -0.360 e. The highest BCUT2D eigenvalue weighted by molar-refractivity contribution is 6.03. The molecule has 3 aromatic rings. The predicted molar refractivity (Wildman–Crippen MR) is 78.3 cm³/mol. The number of carbonyl (C=O) groups excluding carboxylic acids is 1. The van der Waals surface area contributed by atoms with E-state index >= 15 is 0 Å². The van der Waals surface area contributed by atoms with Crippen LogP contribution in [0.1, 0.15) is 28.9 Å². The maximum Gasteiger partial charge on any atom is 0.256 e. The van der Waals surface area contributed by atoms with Gasteiger partial charge in [0.05, 0.1) is 0 Å². The van der Waals surface area contributed by atoms with Gasteiger partial charge < -0.3 is 14.4 Å². The smallest absolute Gasteiger partial charge is 0.256 e. The van der Waals surface area contributed by atoms with Gasteiger partial charge in [-0.05, 0) is 19.1 Å². The van der Waals surface area contributed by atoms with Crippen molar-refractivity contribution in [3.05, 3.63) is 47.5 Å². The van der Waals surface area contributed by atoms with E-state index in [-0.39, 0.29) is 5.91 Å². The maximum atomic E-state index is 12.1. The van der Waals surface area contributed by atoms with Crippen molar-refractivity contribution in [3.8, 4) is 11.4 Å². The molecular weight excluding hydrogens is 284 g/mol. The molecule has 2 heterocycles. The van der Waals surface area contributed by atoms with E-state index < -0.39 is 0 Å². The zero-order valence-electron chi connectivity index (χ0n) is 12.2. The van der Waals surface area contributed by atoms with Crippen molar-refractivity contribution in [3.63, 3.8) is 0 Å². The Morgan fingerprint density at radius 2 is 1.95 bits per heavy atom. The van der Waals surface area contributed by atoms with Crippen molar-refractivity contribution in [2.45, 2.75) is 20.3 Å². The van der Waals surface area contributed by atoms with Crippen LogP contribution in [0, 0.1) is 6.92 Å². The average molecular weight is 298 g/mol. The molecule has 0 bridgehead atoms. The molecule has 0 aliphatic heterocycles. The van der Waals surface area contributed by atoms with Crippen LogP contribution in [0.4, 0.5) is 5.82 Å². The second-order valence-corrected chi connectivity index (χ2v) is 4.72. The number of nitrogens with zero attached hydrogens (tertiary/aromatic N) is 3. The second-order valence-electron chi connectivity index (χ2n) is 4.72. The lowest BCUT2D eigenvalue weighted by atomic mass is 10.1. The Kier molecular flexibility index (Phi) is 3.69. The summed E-state index contributed by atoms with van der Waals surface area (Å²) in [6.45, 7) is 3.70. The molecular formula is C15H14N4O3. The van der Waals surface area contributed by atoms with E-state index in [9.17, 15) is 4.79 Å². The highest BCUT2D eigenvalue weighted by atomic mass is 16.5. The van der Waals surface area contributed by atoms with Gasteiger partial charge in [-0.25, -0.2) is 0 Å². The van der Waals surface area contributed by atoms with Gasteiger partial charge >= 0.3 is 0 Å². The number of anilines is 1. The first-order valence-corrected chi connectivity index (χ1v) is 6.83. The molecule has 0 saturated carbocycles. The number of aromatic nitrogens is 3. The molecule has 0 atom stereocenters. The molecule has 112 valence electrons. The first kappa shape index (κ1) is 14.0. The molecule has 1 N–H and O–H groups in total. The summed E-state index contributed by atoms with van der Waals surface area (Å²) in [7, 11) is 0. The van der Waals surface area contributed by atoms with Gasteiger partial charge in [-0.2, -0.15) is 4.98 Å². The minimum atomic E-state index is -0.262. The van der Waals surface area contributed by atoms with Gasteiger partial charge in [0, 0.05) is 23.6 Å². The van der Waals surface area contributed by atoms with Crippen molar-refractivity contribution in [1.82, 2.24) is 15.3 Å². The summed E-state index contributed by atoms with van der Waals surface area (Å²) in [5, 5.41) is 10.3. The number of hydrogen-bond acceptors (Lipinski definition) is 6. The molecule has 0 saturated heterocycles.